The summed E-state index contributed by atoms with van der Waals surface area (Å²) >= 11 is 0. The van der Waals surface area contributed by atoms with Gasteiger partial charge in [0.1, 0.15) is 0 Å². The first kappa shape index (κ1) is 25.0. The van der Waals surface area contributed by atoms with Gasteiger partial charge in [0.15, 0.2) is 0 Å². The molecule has 0 aromatic rings. The number of hydrogen-bond acceptors (Lipinski definition) is 6. The maximum absolute atomic E-state index is 10.9. The second-order valence-electron chi connectivity index (χ2n) is 4.91. The predicted molar refractivity (Wildman–Crippen MR) is 86.5 cm³/mol. The van der Waals surface area contributed by atoms with E-state index in [-0.39, 0.29) is 36.2 Å². The molecule has 0 saturated heterocycles. The first-order valence-corrected chi connectivity index (χ1v) is 10.0. The van der Waals surface area contributed by atoms with E-state index < -0.39 is 20.8 Å². The second-order valence-corrected chi connectivity index (χ2v) is 7.36. The molecule has 0 aromatic carbocycles. The predicted octanol–water partition coefficient (Wildman–Crippen LogP) is 2.34. The van der Waals surface area contributed by atoms with Crippen molar-refractivity contribution in [3.05, 3.63) is 0 Å². The normalized spacial score (nSPS) is 12.1. The Morgan fingerprint density at radius 3 is 1.59 bits per heavy atom. The van der Waals surface area contributed by atoms with Crippen molar-refractivity contribution >= 4 is 50.4 Å². The monoisotopic (exact) mass is 370 g/mol. The molecule has 0 fully saturated rings. The topological polar surface area (TPSA) is 107 Å². The molecule has 0 aliphatic rings. The van der Waals surface area contributed by atoms with Crippen molar-refractivity contribution in [1.29, 1.82) is 0 Å². The van der Waals surface area contributed by atoms with Gasteiger partial charge < -0.3 is 0 Å². The molecule has 0 radical (unpaired) electrons. The van der Waals surface area contributed by atoms with E-state index >= 15 is 0 Å². The molecule has 0 aliphatic carbocycles. The molecule has 0 amide bonds. The Morgan fingerprint density at radius 1 is 0.773 bits per heavy atom. The van der Waals surface area contributed by atoms with Crippen LogP contribution < -0.4 is 0 Å². The summed E-state index contributed by atoms with van der Waals surface area (Å²) in [5.74, 6) is 0. The Balaban J connectivity index is 0. The number of rotatable bonds is 14. The van der Waals surface area contributed by atoms with Crippen molar-refractivity contribution in [3.8, 4) is 0 Å². The van der Waals surface area contributed by atoms with Crippen molar-refractivity contribution in [2.45, 2.75) is 71.1 Å². The van der Waals surface area contributed by atoms with E-state index in [0.29, 0.717) is 6.42 Å². The molecule has 22 heavy (non-hydrogen) atoms. The van der Waals surface area contributed by atoms with Crippen LogP contribution in [-0.2, 0) is 28.6 Å². The van der Waals surface area contributed by atoms with Crippen molar-refractivity contribution in [2.75, 3.05) is 6.61 Å². The van der Waals surface area contributed by atoms with Crippen molar-refractivity contribution in [2.24, 2.45) is 0 Å². The average Bonchev–Trinajstić information content (AvgIpc) is 2.33. The van der Waals surface area contributed by atoms with E-state index in [9.17, 15) is 16.8 Å². The van der Waals surface area contributed by atoms with Gasteiger partial charge in [0.25, 0.3) is 0 Å². The molecule has 7 nitrogen and oxygen atoms in total. The van der Waals surface area contributed by atoms with Crippen molar-refractivity contribution in [3.63, 3.8) is 0 Å². The minimum atomic E-state index is -5.06. The molecule has 10 heteroatoms. The van der Waals surface area contributed by atoms with Gasteiger partial charge in [-0.2, -0.15) is 16.8 Å². The molecule has 1 N–H and O–H groups in total. The van der Waals surface area contributed by atoms with E-state index in [4.69, 9.17) is 4.55 Å². The Hall–Kier alpha value is 0.780. The van der Waals surface area contributed by atoms with Crippen LogP contribution in [0.4, 0.5) is 0 Å². The fourth-order valence-electron chi connectivity index (χ4n) is 1.88. The van der Waals surface area contributed by atoms with Gasteiger partial charge in [-0.1, -0.05) is 64.7 Å². The van der Waals surface area contributed by atoms with E-state index in [1.165, 1.54) is 38.5 Å². The fraction of sp³-hybridized carbons (Fsp3) is 1.00. The van der Waals surface area contributed by atoms with Gasteiger partial charge in [-0.15, -0.1) is 3.63 Å². The molecular formula is C12H27NaO7S2. The van der Waals surface area contributed by atoms with E-state index in [2.05, 4.69) is 14.7 Å². The summed E-state index contributed by atoms with van der Waals surface area (Å²) in [6.07, 6.45) is 10.9. The summed E-state index contributed by atoms with van der Waals surface area (Å²) in [6.45, 7) is 2.03. The zero-order valence-electron chi connectivity index (χ0n) is 12.5. The standard InChI is InChI=1S/C12H26O7S2.Na.H/c1-2-3-4-5-6-7-8-9-10-11-12-18-21(16,17)19-20(13,14)15;;/h2-12H2,1H3,(H,13,14,15);;. The molecule has 0 rings (SSSR count). The van der Waals surface area contributed by atoms with Crippen LogP contribution in [0.1, 0.15) is 71.1 Å². The molecule has 0 aliphatic heterocycles. The van der Waals surface area contributed by atoms with Crippen LogP contribution in [0, 0.1) is 0 Å². The van der Waals surface area contributed by atoms with Crippen LogP contribution >= 0.6 is 0 Å². The van der Waals surface area contributed by atoms with Crippen LogP contribution in [0.3, 0.4) is 0 Å². The summed E-state index contributed by atoms with van der Waals surface area (Å²) in [7, 11) is -9.75. The summed E-state index contributed by atoms with van der Waals surface area (Å²) in [4.78, 5) is 0. The van der Waals surface area contributed by atoms with Gasteiger partial charge in [-0.3, -0.25) is 4.55 Å². The van der Waals surface area contributed by atoms with E-state index in [1.807, 2.05) is 0 Å². The fourth-order valence-corrected chi connectivity index (χ4v) is 3.20. The Bertz CT molecular complexity index is 448. The second kappa shape index (κ2) is 14.2. The van der Waals surface area contributed by atoms with Gasteiger partial charge in [-0.05, 0) is 6.42 Å². The van der Waals surface area contributed by atoms with Crippen molar-refractivity contribution in [1.82, 2.24) is 0 Å². The summed E-state index contributed by atoms with van der Waals surface area (Å²) in [5, 5.41) is 0. The van der Waals surface area contributed by atoms with Crippen LogP contribution in [0.25, 0.3) is 0 Å². The third kappa shape index (κ3) is 18.8. The molecule has 0 spiro atoms. The SMILES string of the molecule is CCCCCCCCCCCCOS(=O)(=O)OS(=O)(=O)O.[NaH]. The molecule has 0 saturated carbocycles. The summed E-state index contributed by atoms with van der Waals surface area (Å²) in [5.41, 5.74) is 0. The minimum absolute atomic E-state index is 0. The first-order chi connectivity index (χ1) is 9.77. The molecular weight excluding hydrogens is 343 g/mol. The average molecular weight is 370 g/mol. The summed E-state index contributed by atoms with van der Waals surface area (Å²) in [6, 6.07) is 0. The number of unbranched alkanes of at least 4 members (excludes halogenated alkanes) is 9. The van der Waals surface area contributed by atoms with Crippen LogP contribution in [0.2, 0.25) is 0 Å². The van der Waals surface area contributed by atoms with E-state index in [1.54, 1.807) is 0 Å². The van der Waals surface area contributed by atoms with Crippen LogP contribution in [0.5, 0.6) is 0 Å². The Kier molecular flexibility index (Phi) is 16.1. The molecule has 0 heterocycles. The van der Waals surface area contributed by atoms with Gasteiger partial charge >= 0.3 is 50.4 Å². The molecule has 0 unspecified atom stereocenters. The molecule has 0 bridgehead atoms. The Morgan fingerprint density at radius 2 is 1.18 bits per heavy atom. The van der Waals surface area contributed by atoms with Gasteiger partial charge in [0, 0.05) is 0 Å². The first-order valence-electron chi connectivity index (χ1n) is 7.35. The summed E-state index contributed by atoms with van der Waals surface area (Å²) < 4.78 is 58.2. The van der Waals surface area contributed by atoms with Gasteiger partial charge in [0.05, 0.1) is 6.61 Å². The zero-order chi connectivity index (χ0) is 16.2. The van der Waals surface area contributed by atoms with Crippen LogP contribution in [-0.4, -0.2) is 57.6 Å². The molecule has 130 valence electrons. The number of hydrogen-bond donors (Lipinski definition) is 1. The van der Waals surface area contributed by atoms with Gasteiger partial charge in [0.2, 0.25) is 0 Å². The van der Waals surface area contributed by atoms with Crippen LogP contribution in [0.15, 0.2) is 0 Å². The van der Waals surface area contributed by atoms with Crippen molar-refractivity contribution < 1.29 is 29.2 Å². The third-order valence-electron chi connectivity index (χ3n) is 2.89. The quantitative estimate of drug-likeness (QED) is 0.284. The molecule has 0 aromatic heterocycles. The zero-order valence-corrected chi connectivity index (χ0v) is 14.1. The third-order valence-corrected chi connectivity index (χ3v) is 4.70. The Labute approximate surface area is 156 Å². The molecule has 0 atom stereocenters. The van der Waals surface area contributed by atoms with Gasteiger partial charge in [-0.25, -0.2) is 4.18 Å². The maximum atomic E-state index is 10.9. The van der Waals surface area contributed by atoms with E-state index in [0.717, 1.165) is 19.3 Å².